The molecule has 3 N–H and O–H groups in total. The molecule has 3 aromatic rings. The van der Waals surface area contributed by atoms with E-state index in [-0.39, 0.29) is 17.9 Å². The number of aryl methyl sites for hydroxylation is 1. The van der Waals surface area contributed by atoms with Gasteiger partial charge in [0.2, 0.25) is 11.8 Å². The van der Waals surface area contributed by atoms with Gasteiger partial charge < -0.3 is 20.5 Å². The van der Waals surface area contributed by atoms with Crippen LogP contribution in [0, 0.1) is 0 Å². The van der Waals surface area contributed by atoms with Gasteiger partial charge in [-0.05, 0) is 30.5 Å². The molecule has 1 atom stereocenters. The number of fused-ring (bicyclic) bond motifs is 1. The molecular weight excluding hydrogens is 378 g/mol. The van der Waals surface area contributed by atoms with Crippen molar-refractivity contribution in [3.05, 3.63) is 66.6 Å². The first-order chi connectivity index (χ1) is 14.6. The number of nitrogens with two attached hydrogens (primary N) is 1. The van der Waals surface area contributed by atoms with Crippen LogP contribution in [0.15, 0.2) is 61.1 Å². The van der Waals surface area contributed by atoms with Crippen molar-refractivity contribution >= 4 is 22.7 Å². The summed E-state index contributed by atoms with van der Waals surface area (Å²) in [5.74, 6) is -0.0226. The molecule has 0 spiro atoms. The van der Waals surface area contributed by atoms with Crippen molar-refractivity contribution < 1.29 is 9.59 Å². The number of piperidine rings is 1. The molecule has 0 saturated carbocycles. The first-order valence-corrected chi connectivity index (χ1v) is 10.4. The SMILES string of the molecule is N[C@@H](C(=O)NC1CCN(C(=O)CCn2ccc3ccncc32)CC1)c1ccccc1. The fraction of sp³-hybridized carbons (Fsp3) is 0.348. The normalized spacial score (nSPS) is 15.8. The van der Waals surface area contributed by atoms with Gasteiger partial charge in [0.25, 0.3) is 0 Å². The van der Waals surface area contributed by atoms with Gasteiger partial charge in [-0.15, -0.1) is 0 Å². The Labute approximate surface area is 175 Å². The Kier molecular flexibility index (Phi) is 6.09. The predicted molar refractivity (Wildman–Crippen MR) is 115 cm³/mol. The number of hydrogen-bond donors (Lipinski definition) is 2. The summed E-state index contributed by atoms with van der Waals surface area (Å²) in [5, 5.41) is 4.17. The van der Waals surface area contributed by atoms with Gasteiger partial charge in [-0.1, -0.05) is 30.3 Å². The molecule has 30 heavy (non-hydrogen) atoms. The number of aromatic nitrogens is 2. The number of amides is 2. The maximum absolute atomic E-state index is 12.6. The number of pyridine rings is 1. The first-order valence-electron chi connectivity index (χ1n) is 10.4. The molecule has 1 aliphatic heterocycles. The number of likely N-dealkylation sites (tertiary alicyclic amines) is 1. The minimum Gasteiger partial charge on any atom is -0.352 e. The summed E-state index contributed by atoms with van der Waals surface area (Å²) in [5.41, 5.74) is 7.92. The smallest absolute Gasteiger partial charge is 0.241 e. The Morgan fingerprint density at radius 1 is 1.13 bits per heavy atom. The van der Waals surface area contributed by atoms with E-state index in [4.69, 9.17) is 5.73 Å². The number of rotatable bonds is 6. The van der Waals surface area contributed by atoms with Crippen molar-refractivity contribution in [2.24, 2.45) is 5.73 Å². The number of hydrogen-bond acceptors (Lipinski definition) is 4. The van der Waals surface area contributed by atoms with Gasteiger partial charge in [0, 0.05) is 49.9 Å². The van der Waals surface area contributed by atoms with E-state index in [1.165, 1.54) is 0 Å². The standard InChI is InChI=1S/C23H27N5O2/c24-22(18-4-2-1-3-5-18)23(30)26-19-8-13-28(14-9-19)21(29)10-15-27-12-7-17-6-11-25-16-20(17)27/h1-7,11-12,16,19,22H,8-10,13-15,24H2,(H,26,30)/t22-/m1/s1. The zero-order valence-electron chi connectivity index (χ0n) is 16.9. The predicted octanol–water partition coefficient (Wildman–Crippen LogP) is 2.23. The first kappa shape index (κ1) is 20.1. The van der Waals surface area contributed by atoms with Crippen molar-refractivity contribution in [2.45, 2.75) is 37.9 Å². The molecule has 7 heteroatoms. The summed E-state index contributed by atoms with van der Waals surface area (Å²) in [4.78, 5) is 31.1. The summed E-state index contributed by atoms with van der Waals surface area (Å²) in [6.45, 7) is 1.94. The zero-order valence-corrected chi connectivity index (χ0v) is 16.9. The van der Waals surface area contributed by atoms with E-state index in [9.17, 15) is 9.59 Å². The topological polar surface area (TPSA) is 93.3 Å². The molecule has 3 heterocycles. The van der Waals surface area contributed by atoms with Crippen molar-refractivity contribution in [2.75, 3.05) is 13.1 Å². The molecule has 0 unspecified atom stereocenters. The maximum Gasteiger partial charge on any atom is 0.241 e. The summed E-state index contributed by atoms with van der Waals surface area (Å²) in [6.07, 6.45) is 7.54. The van der Waals surface area contributed by atoms with Crippen molar-refractivity contribution in [3.63, 3.8) is 0 Å². The number of nitrogens with zero attached hydrogens (tertiary/aromatic N) is 3. The molecule has 2 amide bonds. The van der Waals surface area contributed by atoms with Crippen LogP contribution in [0.3, 0.4) is 0 Å². The summed E-state index contributed by atoms with van der Waals surface area (Å²) >= 11 is 0. The quantitative estimate of drug-likeness (QED) is 0.658. The lowest BCUT2D eigenvalue weighted by molar-refractivity contribution is -0.132. The number of carbonyl (C=O) groups is 2. The Morgan fingerprint density at radius 3 is 2.67 bits per heavy atom. The van der Waals surface area contributed by atoms with Crippen LogP contribution in [0.5, 0.6) is 0 Å². The van der Waals surface area contributed by atoms with E-state index in [1.54, 1.807) is 6.20 Å². The van der Waals surface area contributed by atoms with Crippen molar-refractivity contribution in [1.29, 1.82) is 0 Å². The van der Waals surface area contributed by atoms with E-state index in [0.29, 0.717) is 26.1 Å². The summed E-state index contributed by atoms with van der Waals surface area (Å²) in [7, 11) is 0. The van der Waals surface area contributed by atoms with Gasteiger partial charge in [-0.25, -0.2) is 0 Å². The van der Waals surface area contributed by atoms with E-state index >= 15 is 0 Å². The molecule has 1 aromatic carbocycles. The fourth-order valence-corrected chi connectivity index (χ4v) is 3.97. The lowest BCUT2D eigenvalue weighted by atomic mass is 10.0. The Morgan fingerprint density at radius 2 is 1.90 bits per heavy atom. The molecule has 7 nitrogen and oxygen atoms in total. The van der Waals surface area contributed by atoms with Gasteiger partial charge in [0.1, 0.15) is 6.04 Å². The zero-order chi connectivity index (χ0) is 20.9. The second-order valence-electron chi connectivity index (χ2n) is 7.75. The van der Waals surface area contributed by atoms with Crippen LogP contribution in [0.25, 0.3) is 10.9 Å². The van der Waals surface area contributed by atoms with Crippen molar-refractivity contribution in [1.82, 2.24) is 19.8 Å². The Bertz CT molecular complexity index is 1010. The van der Waals surface area contributed by atoms with E-state index in [0.717, 1.165) is 29.3 Å². The molecule has 0 radical (unpaired) electrons. The highest BCUT2D eigenvalue weighted by atomic mass is 16.2. The minimum atomic E-state index is -0.670. The third-order valence-electron chi connectivity index (χ3n) is 5.78. The summed E-state index contributed by atoms with van der Waals surface area (Å²) in [6, 6.07) is 12.8. The largest absolute Gasteiger partial charge is 0.352 e. The van der Waals surface area contributed by atoms with Crippen LogP contribution in [-0.4, -0.2) is 45.4 Å². The second kappa shape index (κ2) is 9.09. The average Bonchev–Trinajstić information content (AvgIpc) is 3.21. The van der Waals surface area contributed by atoms with Crippen LogP contribution in [0.4, 0.5) is 0 Å². The highest BCUT2D eigenvalue weighted by Gasteiger charge is 2.25. The highest BCUT2D eigenvalue weighted by molar-refractivity contribution is 5.83. The average molecular weight is 406 g/mol. The lowest BCUT2D eigenvalue weighted by Gasteiger charge is -2.33. The molecule has 4 rings (SSSR count). The van der Waals surface area contributed by atoms with E-state index in [1.807, 2.05) is 59.8 Å². The lowest BCUT2D eigenvalue weighted by Crippen LogP contribution is -2.48. The third kappa shape index (κ3) is 4.52. The fourth-order valence-electron chi connectivity index (χ4n) is 3.97. The molecule has 0 bridgehead atoms. The molecule has 0 aliphatic carbocycles. The second-order valence-corrected chi connectivity index (χ2v) is 7.75. The van der Waals surface area contributed by atoms with Crippen LogP contribution in [0.1, 0.15) is 30.9 Å². The molecular formula is C23H27N5O2. The van der Waals surface area contributed by atoms with Gasteiger partial charge in [-0.3, -0.25) is 14.6 Å². The van der Waals surface area contributed by atoms with Crippen LogP contribution < -0.4 is 11.1 Å². The van der Waals surface area contributed by atoms with Crippen LogP contribution in [0.2, 0.25) is 0 Å². The third-order valence-corrected chi connectivity index (χ3v) is 5.78. The highest BCUT2D eigenvalue weighted by Crippen LogP contribution is 2.17. The molecule has 1 fully saturated rings. The number of carbonyl (C=O) groups excluding carboxylic acids is 2. The monoisotopic (exact) mass is 405 g/mol. The van der Waals surface area contributed by atoms with Crippen molar-refractivity contribution in [3.8, 4) is 0 Å². The molecule has 156 valence electrons. The molecule has 1 aliphatic rings. The van der Waals surface area contributed by atoms with Gasteiger partial charge in [-0.2, -0.15) is 0 Å². The van der Waals surface area contributed by atoms with Crippen LogP contribution in [-0.2, 0) is 16.1 Å². The van der Waals surface area contributed by atoms with Crippen LogP contribution >= 0.6 is 0 Å². The molecule has 2 aromatic heterocycles. The number of nitrogens with one attached hydrogen (secondary N) is 1. The molecule has 1 saturated heterocycles. The van der Waals surface area contributed by atoms with E-state index in [2.05, 4.69) is 14.9 Å². The Balaban J connectivity index is 1.24. The van der Waals surface area contributed by atoms with Gasteiger partial charge >= 0.3 is 0 Å². The summed E-state index contributed by atoms with van der Waals surface area (Å²) < 4.78 is 2.07. The maximum atomic E-state index is 12.6. The van der Waals surface area contributed by atoms with Gasteiger partial charge in [0.15, 0.2) is 0 Å². The van der Waals surface area contributed by atoms with E-state index < -0.39 is 6.04 Å². The van der Waals surface area contributed by atoms with Gasteiger partial charge in [0.05, 0.1) is 11.7 Å². The Hall–Kier alpha value is -3.19. The number of benzene rings is 1. The minimum absolute atomic E-state index is 0.0516.